The van der Waals surface area contributed by atoms with Crippen LogP contribution in [0.4, 0.5) is 5.00 Å². The zero-order valence-corrected chi connectivity index (χ0v) is 17.9. The SMILES string of the molecule is COC(=O)c1c(NC(=O)c2ccc(Cl)s2)sc(Cc2ccc3c(c2)OCO3)c1C. The average molecular weight is 450 g/mol. The Labute approximate surface area is 180 Å². The van der Waals surface area contributed by atoms with Crippen LogP contribution in [0, 0.1) is 6.92 Å². The van der Waals surface area contributed by atoms with Crippen molar-refractivity contribution in [1.82, 2.24) is 0 Å². The molecule has 0 aliphatic carbocycles. The first-order chi connectivity index (χ1) is 14.0. The average Bonchev–Trinajstić information content (AvgIpc) is 3.41. The van der Waals surface area contributed by atoms with Gasteiger partial charge in [-0.1, -0.05) is 17.7 Å². The number of hydrogen-bond donors (Lipinski definition) is 1. The highest BCUT2D eigenvalue weighted by atomic mass is 35.5. The van der Waals surface area contributed by atoms with Gasteiger partial charge in [0.15, 0.2) is 11.5 Å². The van der Waals surface area contributed by atoms with Crippen molar-refractivity contribution >= 4 is 51.2 Å². The summed E-state index contributed by atoms with van der Waals surface area (Å²) in [6.07, 6.45) is 0.581. The topological polar surface area (TPSA) is 73.9 Å². The number of rotatable bonds is 5. The van der Waals surface area contributed by atoms with Crippen LogP contribution in [-0.4, -0.2) is 25.8 Å². The first kappa shape index (κ1) is 19.8. The van der Waals surface area contributed by atoms with E-state index < -0.39 is 5.97 Å². The zero-order chi connectivity index (χ0) is 20.5. The molecule has 3 heterocycles. The minimum absolute atomic E-state index is 0.215. The number of ether oxygens (including phenoxy) is 3. The smallest absolute Gasteiger partial charge is 0.341 e. The fourth-order valence-electron chi connectivity index (χ4n) is 3.00. The van der Waals surface area contributed by atoms with Crippen LogP contribution in [0.25, 0.3) is 0 Å². The van der Waals surface area contributed by atoms with Crippen molar-refractivity contribution in [2.24, 2.45) is 0 Å². The number of nitrogens with one attached hydrogen (secondary N) is 1. The molecule has 6 nitrogen and oxygen atoms in total. The number of methoxy groups -OCH3 is 1. The van der Waals surface area contributed by atoms with Gasteiger partial charge in [-0.15, -0.1) is 22.7 Å². The Hall–Kier alpha value is -2.55. The standard InChI is InChI=1S/C20H16ClNO5S2/c1-10-15(8-11-3-4-12-13(7-11)27-9-26-12)29-19(17(10)20(24)25-2)22-18(23)14-5-6-16(21)28-14/h3-7H,8-9H2,1-2H3,(H,22,23). The number of carbonyl (C=O) groups excluding carboxylic acids is 2. The quantitative estimate of drug-likeness (QED) is 0.546. The van der Waals surface area contributed by atoms with Crippen LogP contribution in [-0.2, 0) is 11.2 Å². The summed E-state index contributed by atoms with van der Waals surface area (Å²) in [5.74, 6) is 0.612. The molecular weight excluding hydrogens is 434 g/mol. The van der Waals surface area contributed by atoms with Crippen LogP contribution in [0.3, 0.4) is 0 Å². The number of thiophene rings is 2. The van der Waals surface area contributed by atoms with Crippen molar-refractivity contribution in [3.05, 3.63) is 61.1 Å². The molecule has 1 aliphatic heterocycles. The van der Waals surface area contributed by atoms with Gasteiger partial charge in [0.05, 0.1) is 21.9 Å². The molecule has 0 radical (unpaired) electrons. The molecule has 4 rings (SSSR count). The largest absolute Gasteiger partial charge is 0.465 e. The molecule has 0 unspecified atom stereocenters. The Bertz CT molecular complexity index is 1100. The summed E-state index contributed by atoms with van der Waals surface area (Å²) in [7, 11) is 1.32. The molecule has 0 saturated heterocycles. The Morgan fingerprint density at radius 2 is 1.97 bits per heavy atom. The molecule has 1 N–H and O–H groups in total. The lowest BCUT2D eigenvalue weighted by Gasteiger charge is -2.05. The molecule has 29 heavy (non-hydrogen) atoms. The predicted molar refractivity (Wildman–Crippen MR) is 113 cm³/mol. The van der Waals surface area contributed by atoms with E-state index in [4.69, 9.17) is 25.8 Å². The first-order valence-electron chi connectivity index (χ1n) is 8.62. The van der Waals surface area contributed by atoms with Gasteiger partial charge in [0, 0.05) is 11.3 Å². The van der Waals surface area contributed by atoms with Crippen molar-refractivity contribution in [2.75, 3.05) is 19.2 Å². The molecule has 1 amide bonds. The van der Waals surface area contributed by atoms with Crippen LogP contribution < -0.4 is 14.8 Å². The Kier molecular flexibility index (Phi) is 5.49. The van der Waals surface area contributed by atoms with E-state index in [1.54, 1.807) is 12.1 Å². The summed E-state index contributed by atoms with van der Waals surface area (Å²) in [6, 6.07) is 9.05. The second-order valence-electron chi connectivity index (χ2n) is 6.27. The normalized spacial score (nSPS) is 12.1. The summed E-state index contributed by atoms with van der Waals surface area (Å²) < 4.78 is 16.2. The Balaban J connectivity index is 1.64. The molecule has 0 bridgehead atoms. The van der Waals surface area contributed by atoms with Gasteiger partial charge in [0.1, 0.15) is 5.00 Å². The van der Waals surface area contributed by atoms with Crippen LogP contribution in [0.2, 0.25) is 4.34 Å². The zero-order valence-electron chi connectivity index (χ0n) is 15.5. The van der Waals surface area contributed by atoms with E-state index in [1.165, 1.54) is 29.8 Å². The van der Waals surface area contributed by atoms with Gasteiger partial charge in [0.25, 0.3) is 5.91 Å². The molecule has 0 atom stereocenters. The fraction of sp³-hybridized carbons (Fsp3) is 0.200. The minimum atomic E-state index is -0.491. The highest BCUT2D eigenvalue weighted by Crippen LogP contribution is 2.38. The van der Waals surface area contributed by atoms with Crippen molar-refractivity contribution in [2.45, 2.75) is 13.3 Å². The highest BCUT2D eigenvalue weighted by Gasteiger charge is 2.24. The van der Waals surface area contributed by atoms with Gasteiger partial charge in [0.2, 0.25) is 6.79 Å². The molecule has 1 aromatic carbocycles. The molecule has 3 aromatic rings. The summed E-state index contributed by atoms with van der Waals surface area (Å²) in [5.41, 5.74) is 2.15. The van der Waals surface area contributed by atoms with E-state index in [-0.39, 0.29) is 12.7 Å². The summed E-state index contributed by atoms with van der Waals surface area (Å²) >= 11 is 8.45. The van der Waals surface area contributed by atoms with E-state index >= 15 is 0 Å². The lowest BCUT2D eigenvalue weighted by Crippen LogP contribution is -2.13. The number of halogens is 1. The number of amides is 1. The van der Waals surface area contributed by atoms with Gasteiger partial charge in [-0.25, -0.2) is 4.79 Å². The Morgan fingerprint density at radius 1 is 1.17 bits per heavy atom. The molecule has 0 saturated carbocycles. The van der Waals surface area contributed by atoms with E-state index in [1.807, 2.05) is 25.1 Å². The predicted octanol–water partition coefficient (Wildman–Crippen LogP) is 5.13. The van der Waals surface area contributed by atoms with E-state index in [0.29, 0.717) is 31.9 Å². The highest BCUT2D eigenvalue weighted by molar-refractivity contribution is 7.18. The summed E-state index contributed by atoms with van der Waals surface area (Å²) in [4.78, 5) is 26.4. The number of fused-ring (bicyclic) bond motifs is 1. The maximum atomic E-state index is 12.6. The molecule has 9 heteroatoms. The molecule has 0 fully saturated rings. The molecule has 0 spiro atoms. The van der Waals surface area contributed by atoms with Crippen LogP contribution in [0.15, 0.2) is 30.3 Å². The third-order valence-corrected chi connectivity index (χ3v) is 6.90. The lowest BCUT2D eigenvalue weighted by molar-refractivity contribution is 0.0601. The van der Waals surface area contributed by atoms with Crippen LogP contribution >= 0.6 is 34.3 Å². The number of anilines is 1. The maximum absolute atomic E-state index is 12.6. The first-order valence-corrected chi connectivity index (χ1v) is 10.6. The summed E-state index contributed by atoms with van der Waals surface area (Å²) in [6.45, 7) is 2.06. The molecule has 1 aliphatic rings. The third-order valence-electron chi connectivity index (χ3n) is 4.46. The van der Waals surface area contributed by atoms with Gasteiger partial charge >= 0.3 is 5.97 Å². The van der Waals surface area contributed by atoms with Crippen molar-refractivity contribution in [3.8, 4) is 11.5 Å². The second kappa shape index (κ2) is 8.06. The van der Waals surface area contributed by atoms with E-state index in [9.17, 15) is 9.59 Å². The molecular formula is C20H16ClNO5S2. The van der Waals surface area contributed by atoms with Gasteiger partial charge in [-0.2, -0.15) is 0 Å². The minimum Gasteiger partial charge on any atom is -0.465 e. The van der Waals surface area contributed by atoms with Crippen LogP contribution in [0.1, 0.15) is 36.0 Å². The maximum Gasteiger partial charge on any atom is 0.341 e. The van der Waals surface area contributed by atoms with Gasteiger partial charge < -0.3 is 19.5 Å². The Morgan fingerprint density at radius 3 is 2.69 bits per heavy atom. The molecule has 2 aromatic heterocycles. The van der Waals surface area contributed by atoms with Crippen molar-refractivity contribution < 1.29 is 23.8 Å². The van der Waals surface area contributed by atoms with Gasteiger partial charge in [-0.05, 0) is 42.3 Å². The number of hydrogen-bond acceptors (Lipinski definition) is 7. The van der Waals surface area contributed by atoms with Crippen LogP contribution in [0.5, 0.6) is 11.5 Å². The monoisotopic (exact) mass is 449 g/mol. The second-order valence-corrected chi connectivity index (χ2v) is 9.09. The van der Waals surface area contributed by atoms with Crippen molar-refractivity contribution in [3.63, 3.8) is 0 Å². The van der Waals surface area contributed by atoms with Crippen molar-refractivity contribution in [1.29, 1.82) is 0 Å². The lowest BCUT2D eigenvalue weighted by atomic mass is 10.1. The van der Waals surface area contributed by atoms with E-state index in [2.05, 4.69) is 5.32 Å². The molecule has 150 valence electrons. The van der Waals surface area contributed by atoms with E-state index in [0.717, 1.165) is 21.8 Å². The summed E-state index contributed by atoms with van der Waals surface area (Å²) in [5, 5.41) is 3.29. The number of esters is 1. The number of carbonyl (C=O) groups is 2. The fourth-order valence-corrected chi connectivity index (χ4v) is 5.16. The number of benzene rings is 1. The third kappa shape index (κ3) is 3.96. The van der Waals surface area contributed by atoms with Gasteiger partial charge in [-0.3, -0.25) is 4.79 Å².